The topological polar surface area (TPSA) is 57.5 Å². The molecule has 0 spiro atoms. The minimum atomic E-state index is -0.809. The third kappa shape index (κ3) is 1.87. The second-order valence-electron chi connectivity index (χ2n) is 4.96. The molecule has 19 heavy (non-hydrogen) atoms. The molecule has 0 atom stereocenters. The number of aromatic hydroxyl groups is 1. The lowest BCUT2D eigenvalue weighted by molar-refractivity contribution is -0.136. The zero-order valence-corrected chi connectivity index (χ0v) is 10.6. The second-order valence-corrected chi connectivity index (χ2v) is 4.96. The van der Waals surface area contributed by atoms with Gasteiger partial charge in [0.05, 0.1) is 6.42 Å². The number of rotatable bonds is 2. The number of carboxylic acids is 1. The minimum absolute atomic E-state index is 0.0563. The molecule has 1 aliphatic carbocycles. The van der Waals surface area contributed by atoms with Crippen LogP contribution in [0.25, 0.3) is 11.1 Å². The van der Waals surface area contributed by atoms with Gasteiger partial charge in [-0.25, -0.2) is 0 Å². The summed E-state index contributed by atoms with van der Waals surface area (Å²) in [6, 6.07) is 9.28. The molecule has 0 heterocycles. The minimum Gasteiger partial charge on any atom is -0.508 e. The van der Waals surface area contributed by atoms with Crippen molar-refractivity contribution in [2.24, 2.45) is 0 Å². The SMILES string of the molecule is Cc1c(CC(=O)O)ccc2c1Cc1cc(O)ccc1-2. The van der Waals surface area contributed by atoms with Crippen LogP contribution in [0.5, 0.6) is 5.75 Å². The quantitative estimate of drug-likeness (QED) is 0.739. The van der Waals surface area contributed by atoms with E-state index >= 15 is 0 Å². The van der Waals surface area contributed by atoms with Crippen LogP contribution in [0.4, 0.5) is 0 Å². The van der Waals surface area contributed by atoms with Gasteiger partial charge in [0.15, 0.2) is 0 Å². The number of fused-ring (bicyclic) bond motifs is 3. The van der Waals surface area contributed by atoms with E-state index in [0.29, 0.717) is 0 Å². The van der Waals surface area contributed by atoms with E-state index in [2.05, 4.69) is 0 Å². The molecule has 3 nitrogen and oxygen atoms in total. The highest BCUT2D eigenvalue weighted by Crippen LogP contribution is 2.40. The van der Waals surface area contributed by atoms with Crippen LogP contribution < -0.4 is 0 Å². The molecule has 1 aliphatic rings. The lowest BCUT2D eigenvalue weighted by Crippen LogP contribution is -2.03. The number of aliphatic carboxylic acids is 1. The summed E-state index contributed by atoms with van der Waals surface area (Å²) in [7, 11) is 0. The van der Waals surface area contributed by atoms with Crippen LogP contribution in [0.2, 0.25) is 0 Å². The van der Waals surface area contributed by atoms with Crippen molar-refractivity contribution in [1.29, 1.82) is 0 Å². The van der Waals surface area contributed by atoms with Gasteiger partial charge in [0.1, 0.15) is 5.75 Å². The Balaban J connectivity index is 2.11. The van der Waals surface area contributed by atoms with E-state index < -0.39 is 5.97 Å². The molecule has 0 radical (unpaired) electrons. The number of hydrogen-bond acceptors (Lipinski definition) is 2. The molecule has 2 N–H and O–H groups in total. The smallest absolute Gasteiger partial charge is 0.307 e. The fourth-order valence-corrected chi connectivity index (χ4v) is 2.82. The fourth-order valence-electron chi connectivity index (χ4n) is 2.82. The Labute approximate surface area is 111 Å². The zero-order chi connectivity index (χ0) is 13.6. The van der Waals surface area contributed by atoms with Gasteiger partial charge in [0.2, 0.25) is 0 Å². The third-order valence-electron chi connectivity index (χ3n) is 3.80. The molecule has 0 bridgehead atoms. The summed E-state index contributed by atoms with van der Waals surface area (Å²) in [4.78, 5) is 10.9. The van der Waals surface area contributed by atoms with Crippen molar-refractivity contribution in [3.63, 3.8) is 0 Å². The van der Waals surface area contributed by atoms with Crippen molar-refractivity contribution in [2.75, 3.05) is 0 Å². The van der Waals surface area contributed by atoms with Crippen LogP contribution in [-0.2, 0) is 17.6 Å². The molecule has 0 saturated carbocycles. The first-order valence-electron chi connectivity index (χ1n) is 6.21. The summed E-state index contributed by atoms with van der Waals surface area (Å²) in [5, 5.41) is 18.5. The van der Waals surface area contributed by atoms with Gasteiger partial charge in [0, 0.05) is 0 Å². The first-order chi connectivity index (χ1) is 9.06. The Hall–Kier alpha value is -2.29. The summed E-state index contributed by atoms with van der Waals surface area (Å²) in [6.45, 7) is 1.98. The van der Waals surface area contributed by atoms with Crippen molar-refractivity contribution < 1.29 is 15.0 Å². The van der Waals surface area contributed by atoms with E-state index in [1.165, 1.54) is 5.56 Å². The Morgan fingerprint density at radius 1 is 1.21 bits per heavy atom. The largest absolute Gasteiger partial charge is 0.508 e. The molecular weight excluding hydrogens is 240 g/mol. The van der Waals surface area contributed by atoms with Gasteiger partial charge >= 0.3 is 5.97 Å². The van der Waals surface area contributed by atoms with E-state index in [1.807, 2.05) is 25.1 Å². The number of carbonyl (C=O) groups is 1. The normalized spacial score (nSPS) is 12.1. The van der Waals surface area contributed by atoms with Crippen molar-refractivity contribution in [3.05, 3.63) is 52.6 Å². The molecule has 2 aromatic carbocycles. The number of carboxylic acid groups (broad SMARTS) is 1. The second kappa shape index (κ2) is 4.12. The summed E-state index contributed by atoms with van der Waals surface area (Å²) < 4.78 is 0. The first kappa shape index (κ1) is 11.8. The molecule has 2 aromatic rings. The van der Waals surface area contributed by atoms with Gasteiger partial charge in [0.25, 0.3) is 0 Å². The van der Waals surface area contributed by atoms with E-state index in [9.17, 15) is 9.90 Å². The molecular formula is C16H14O3. The Morgan fingerprint density at radius 2 is 1.95 bits per heavy atom. The highest BCUT2D eigenvalue weighted by atomic mass is 16.4. The Bertz CT molecular complexity index is 687. The van der Waals surface area contributed by atoms with Crippen molar-refractivity contribution in [2.45, 2.75) is 19.8 Å². The van der Waals surface area contributed by atoms with Crippen LogP contribution in [0.1, 0.15) is 22.3 Å². The predicted molar refractivity (Wildman–Crippen MR) is 72.4 cm³/mol. The number of phenolic OH excluding ortho intramolecular Hbond substituents is 1. The van der Waals surface area contributed by atoms with Gasteiger partial charge < -0.3 is 10.2 Å². The molecule has 0 amide bonds. The van der Waals surface area contributed by atoms with Gasteiger partial charge in [-0.15, -0.1) is 0 Å². The van der Waals surface area contributed by atoms with Crippen LogP contribution in [-0.4, -0.2) is 16.2 Å². The molecule has 0 aliphatic heterocycles. The highest BCUT2D eigenvalue weighted by molar-refractivity contribution is 5.80. The van der Waals surface area contributed by atoms with Gasteiger partial charge in [-0.1, -0.05) is 18.2 Å². The fraction of sp³-hybridized carbons (Fsp3) is 0.188. The van der Waals surface area contributed by atoms with Gasteiger partial charge in [-0.3, -0.25) is 4.79 Å². The number of hydrogen-bond donors (Lipinski definition) is 2. The van der Waals surface area contributed by atoms with Crippen LogP contribution in [0.3, 0.4) is 0 Å². The third-order valence-corrected chi connectivity index (χ3v) is 3.80. The van der Waals surface area contributed by atoms with E-state index in [1.54, 1.807) is 12.1 Å². The molecule has 3 heteroatoms. The van der Waals surface area contributed by atoms with Crippen molar-refractivity contribution in [1.82, 2.24) is 0 Å². The zero-order valence-electron chi connectivity index (χ0n) is 10.6. The van der Waals surface area contributed by atoms with Crippen LogP contribution in [0, 0.1) is 6.92 Å². The maximum absolute atomic E-state index is 10.9. The summed E-state index contributed by atoms with van der Waals surface area (Å²) in [6.07, 6.45) is 0.819. The Morgan fingerprint density at radius 3 is 2.68 bits per heavy atom. The average molecular weight is 254 g/mol. The lowest BCUT2D eigenvalue weighted by Gasteiger charge is -2.09. The number of phenols is 1. The number of benzene rings is 2. The standard InChI is InChI=1S/C16H14O3/c1-9-10(8-16(18)19)2-4-14-13-5-3-12(17)6-11(13)7-15(9)14/h2-6,17H,7-8H2,1H3,(H,18,19). The Kier molecular flexibility index (Phi) is 2.56. The van der Waals surface area contributed by atoms with Crippen LogP contribution >= 0.6 is 0 Å². The first-order valence-corrected chi connectivity index (χ1v) is 6.21. The molecule has 3 rings (SSSR count). The molecule has 96 valence electrons. The van der Waals surface area contributed by atoms with Gasteiger partial charge in [-0.2, -0.15) is 0 Å². The van der Waals surface area contributed by atoms with E-state index in [4.69, 9.17) is 5.11 Å². The van der Waals surface area contributed by atoms with E-state index in [0.717, 1.165) is 34.2 Å². The summed E-state index contributed by atoms with van der Waals surface area (Å²) in [5.41, 5.74) is 6.49. The molecule has 0 unspecified atom stereocenters. The van der Waals surface area contributed by atoms with E-state index in [-0.39, 0.29) is 12.2 Å². The lowest BCUT2D eigenvalue weighted by atomic mass is 9.96. The maximum Gasteiger partial charge on any atom is 0.307 e. The van der Waals surface area contributed by atoms with Crippen molar-refractivity contribution >= 4 is 5.97 Å². The molecule has 0 saturated heterocycles. The predicted octanol–water partition coefficient (Wildman–Crippen LogP) is 2.90. The molecule has 0 aromatic heterocycles. The summed E-state index contributed by atoms with van der Waals surface area (Å²) >= 11 is 0. The maximum atomic E-state index is 10.9. The summed E-state index contributed by atoms with van der Waals surface area (Å²) in [5.74, 6) is -0.536. The molecule has 0 fully saturated rings. The van der Waals surface area contributed by atoms with Gasteiger partial charge in [-0.05, 0) is 58.9 Å². The average Bonchev–Trinajstić information content (AvgIpc) is 2.70. The van der Waals surface area contributed by atoms with Crippen LogP contribution in [0.15, 0.2) is 30.3 Å². The monoisotopic (exact) mass is 254 g/mol. The highest BCUT2D eigenvalue weighted by Gasteiger charge is 2.22. The van der Waals surface area contributed by atoms with Crippen molar-refractivity contribution in [3.8, 4) is 16.9 Å².